The van der Waals surface area contributed by atoms with E-state index < -0.39 is 18.0 Å². The standard InChI is InChI=1S/C11H10Cl2F2O3/c1-2-18-10(17)11(14,15)9(16)7-5-6(12)3-4-8(7)13/h3-5,9,16H,2H2,1H3. The molecule has 1 aromatic carbocycles. The topological polar surface area (TPSA) is 46.5 Å². The predicted molar refractivity (Wildman–Crippen MR) is 63.0 cm³/mol. The summed E-state index contributed by atoms with van der Waals surface area (Å²) in [6.45, 7) is 1.16. The molecular weight excluding hydrogens is 289 g/mol. The highest BCUT2D eigenvalue weighted by atomic mass is 35.5. The maximum absolute atomic E-state index is 13.6. The molecule has 0 spiro atoms. The highest BCUT2D eigenvalue weighted by Gasteiger charge is 2.49. The maximum atomic E-state index is 13.6. The molecule has 1 atom stereocenters. The second-order valence-electron chi connectivity index (χ2n) is 3.41. The fourth-order valence-electron chi connectivity index (χ4n) is 1.26. The molecule has 18 heavy (non-hydrogen) atoms. The number of esters is 1. The minimum atomic E-state index is -4.09. The molecule has 0 fully saturated rings. The van der Waals surface area contributed by atoms with Crippen molar-refractivity contribution in [2.75, 3.05) is 6.61 Å². The second-order valence-corrected chi connectivity index (χ2v) is 4.26. The zero-order valence-corrected chi connectivity index (χ0v) is 10.8. The molecule has 1 aromatic rings. The van der Waals surface area contributed by atoms with Crippen molar-refractivity contribution < 1.29 is 23.4 Å². The average Bonchev–Trinajstić information content (AvgIpc) is 2.31. The summed E-state index contributed by atoms with van der Waals surface area (Å²) in [6.07, 6.45) is -2.41. The molecule has 0 aliphatic rings. The summed E-state index contributed by atoms with van der Waals surface area (Å²) >= 11 is 11.3. The lowest BCUT2D eigenvalue weighted by molar-refractivity contribution is -0.189. The molecule has 0 saturated carbocycles. The van der Waals surface area contributed by atoms with Gasteiger partial charge in [-0.15, -0.1) is 0 Å². The largest absolute Gasteiger partial charge is 0.461 e. The minimum absolute atomic E-state index is 0.115. The number of carbonyl (C=O) groups excluding carboxylic acids is 1. The Bertz CT molecular complexity index is 452. The number of aliphatic hydroxyl groups is 1. The summed E-state index contributed by atoms with van der Waals surface area (Å²) in [7, 11) is 0. The van der Waals surface area contributed by atoms with E-state index in [0.717, 1.165) is 6.07 Å². The van der Waals surface area contributed by atoms with E-state index in [1.807, 2.05) is 0 Å². The molecular formula is C11H10Cl2F2O3. The van der Waals surface area contributed by atoms with Crippen LogP contribution in [-0.4, -0.2) is 23.6 Å². The van der Waals surface area contributed by atoms with E-state index in [-0.39, 0.29) is 22.2 Å². The molecule has 0 aliphatic heterocycles. The fourth-order valence-corrected chi connectivity index (χ4v) is 1.66. The summed E-state index contributed by atoms with van der Waals surface area (Å²) in [5, 5.41) is 9.56. The first-order valence-corrected chi connectivity index (χ1v) is 5.74. The molecule has 0 heterocycles. The van der Waals surface area contributed by atoms with Crippen molar-refractivity contribution in [3.05, 3.63) is 33.8 Å². The van der Waals surface area contributed by atoms with Crippen LogP contribution in [0, 0.1) is 0 Å². The van der Waals surface area contributed by atoms with E-state index in [1.165, 1.54) is 19.1 Å². The van der Waals surface area contributed by atoms with Crippen molar-refractivity contribution in [3.8, 4) is 0 Å². The predicted octanol–water partition coefficient (Wildman–Crippen LogP) is 3.23. The van der Waals surface area contributed by atoms with Gasteiger partial charge in [-0.2, -0.15) is 8.78 Å². The Morgan fingerprint density at radius 3 is 2.67 bits per heavy atom. The molecule has 0 bridgehead atoms. The first-order chi connectivity index (χ1) is 8.30. The number of aliphatic hydroxyl groups excluding tert-OH is 1. The molecule has 1 unspecified atom stereocenters. The first kappa shape index (κ1) is 15.1. The molecule has 0 aromatic heterocycles. The number of ether oxygens (including phenoxy) is 1. The lowest BCUT2D eigenvalue weighted by atomic mass is 10.0. The molecule has 1 N–H and O–H groups in total. The second kappa shape index (κ2) is 5.82. The van der Waals surface area contributed by atoms with Crippen LogP contribution in [-0.2, 0) is 9.53 Å². The smallest absolute Gasteiger partial charge is 0.380 e. The molecule has 1 rings (SSSR count). The van der Waals surface area contributed by atoms with Gasteiger partial charge in [0.15, 0.2) is 6.10 Å². The Morgan fingerprint density at radius 1 is 1.50 bits per heavy atom. The van der Waals surface area contributed by atoms with E-state index in [4.69, 9.17) is 23.2 Å². The lowest BCUT2D eigenvalue weighted by Gasteiger charge is -2.21. The minimum Gasteiger partial charge on any atom is -0.461 e. The summed E-state index contributed by atoms with van der Waals surface area (Å²) in [4.78, 5) is 11.1. The maximum Gasteiger partial charge on any atom is 0.380 e. The lowest BCUT2D eigenvalue weighted by Crippen LogP contribution is -2.37. The van der Waals surface area contributed by atoms with Crippen LogP contribution in [0.2, 0.25) is 10.0 Å². The zero-order valence-electron chi connectivity index (χ0n) is 9.29. The van der Waals surface area contributed by atoms with Gasteiger partial charge in [0.2, 0.25) is 0 Å². The third-order valence-corrected chi connectivity index (χ3v) is 2.72. The monoisotopic (exact) mass is 298 g/mol. The molecule has 0 radical (unpaired) electrons. The van der Waals surface area contributed by atoms with Gasteiger partial charge in [-0.1, -0.05) is 23.2 Å². The Morgan fingerprint density at radius 2 is 2.11 bits per heavy atom. The van der Waals surface area contributed by atoms with Crippen LogP contribution >= 0.6 is 23.2 Å². The Hall–Kier alpha value is -0.910. The van der Waals surface area contributed by atoms with E-state index in [1.54, 1.807) is 0 Å². The van der Waals surface area contributed by atoms with E-state index in [9.17, 15) is 18.7 Å². The summed E-state index contributed by atoms with van der Waals surface area (Å²) < 4.78 is 31.3. The van der Waals surface area contributed by atoms with Crippen molar-refractivity contribution in [1.82, 2.24) is 0 Å². The Balaban J connectivity index is 3.08. The van der Waals surface area contributed by atoms with Gasteiger partial charge < -0.3 is 9.84 Å². The molecule has 0 amide bonds. The van der Waals surface area contributed by atoms with Crippen molar-refractivity contribution in [2.45, 2.75) is 19.0 Å². The normalized spacial score (nSPS) is 13.2. The zero-order chi connectivity index (χ0) is 13.9. The van der Waals surface area contributed by atoms with Gasteiger partial charge in [-0.25, -0.2) is 4.79 Å². The van der Waals surface area contributed by atoms with Gasteiger partial charge >= 0.3 is 11.9 Å². The van der Waals surface area contributed by atoms with Gasteiger partial charge in [0, 0.05) is 15.6 Å². The Kier molecular flexibility index (Phi) is 4.90. The van der Waals surface area contributed by atoms with Crippen LogP contribution in [0.5, 0.6) is 0 Å². The van der Waals surface area contributed by atoms with Crippen molar-refractivity contribution in [1.29, 1.82) is 0 Å². The molecule has 7 heteroatoms. The van der Waals surface area contributed by atoms with Gasteiger partial charge in [-0.05, 0) is 25.1 Å². The molecule has 100 valence electrons. The van der Waals surface area contributed by atoms with E-state index in [0.29, 0.717) is 0 Å². The van der Waals surface area contributed by atoms with E-state index >= 15 is 0 Å². The fraction of sp³-hybridized carbons (Fsp3) is 0.364. The first-order valence-electron chi connectivity index (χ1n) is 4.98. The number of benzene rings is 1. The number of hydrogen-bond acceptors (Lipinski definition) is 3. The molecule has 0 aliphatic carbocycles. The highest BCUT2D eigenvalue weighted by Crippen LogP contribution is 2.37. The third kappa shape index (κ3) is 3.10. The van der Waals surface area contributed by atoms with Gasteiger partial charge in [0.25, 0.3) is 0 Å². The van der Waals surface area contributed by atoms with E-state index in [2.05, 4.69) is 4.74 Å². The third-order valence-electron chi connectivity index (χ3n) is 2.14. The van der Waals surface area contributed by atoms with Gasteiger partial charge in [-0.3, -0.25) is 0 Å². The number of alkyl halides is 2. The van der Waals surface area contributed by atoms with Crippen LogP contribution in [0.4, 0.5) is 8.78 Å². The van der Waals surface area contributed by atoms with Crippen molar-refractivity contribution in [2.24, 2.45) is 0 Å². The van der Waals surface area contributed by atoms with Crippen LogP contribution < -0.4 is 0 Å². The van der Waals surface area contributed by atoms with Gasteiger partial charge in [0.05, 0.1) is 6.61 Å². The van der Waals surface area contributed by atoms with Crippen LogP contribution in [0.15, 0.2) is 18.2 Å². The van der Waals surface area contributed by atoms with Crippen LogP contribution in [0.1, 0.15) is 18.6 Å². The van der Waals surface area contributed by atoms with Crippen molar-refractivity contribution in [3.63, 3.8) is 0 Å². The van der Waals surface area contributed by atoms with Crippen molar-refractivity contribution >= 4 is 29.2 Å². The summed E-state index contributed by atoms with van der Waals surface area (Å²) in [6, 6.07) is 3.70. The number of rotatable bonds is 4. The number of carbonyl (C=O) groups is 1. The number of hydrogen-bond donors (Lipinski definition) is 1. The molecule has 3 nitrogen and oxygen atoms in total. The summed E-state index contributed by atoms with van der Waals surface area (Å²) in [5.41, 5.74) is -0.331. The van der Waals surface area contributed by atoms with Crippen LogP contribution in [0.25, 0.3) is 0 Å². The highest BCUT2D eigenvalue weighted by molar-refractivity contribution is 6.33. The quantitative estimate of drug-likeness (QED) is 0.868. The van der Waals surface area contributed by atoms with Gasteiger partial charge in [0.1, 0.15) is 0 Å². The molecule has 0 saturated heterocycles. The Labute approximate surface area is 112 Å². The average molecular weight is 299 g/mol. The summed E-state index contributed by atoms with van der Waals surface area (Å²) in [5.74, 6) is -5.90. The van der Waals surface area contributed by atoms with Crippen LogP contribution in [0.3, 0.4) is 0 Å². The SMILES string of the molecule is CCOC(=O)C(F)(F)C(O)c1cc(Cl)ccc1Cl. The number of halogens is 4.